The van der Waals surface area contributed by atoms with Gasteiger partial charge in [0.05, 0.1) is 20.3 Å². The van der Waals surface area contributed by atoms with Crippen LogP contribution in [0.2, 0.25) is 0 Å². The molecule has 8 nitrogen and oxygen atoms in total. The van der Waals surface area contributed by atoms with Crippen LogP contribution in [0.3, 0.4) is 0 Å². The largest absolute Gasteiger partial charge is 0.494 e. The van der Waals surface area contributed by atoms with Crippen LogP contribution in [-0.2, 0) is 9.53 Å². The molecule has 0 aliphatic carbocycles. The summed E-state index contributed by atoms with van der Waals surface area (Å²) in [5, 5.41) is 12.0. The minimum atomic E-state index is -1.01. The van der Waals surface area contributed by atoms with Gasteiger partial charge in [-0.05, 0) is 35.4 Å². The number of rotatable bonds is 7. The number of anilines is 3. The van der Waals surface area contributed by atoms with E-state index in [0.717, 1.165) is 28.6 Å². The summed E-state index contributed by atoms with van der Waals surface area (Å²) in [6.07, 6.45) is 4.36. The van der Waals surface area contributed by atoms with Crippen LogP contribution >= 0.6 is 0 Å². The van der Waals surface area contributed by atoms with E-state index < -0.39 is 11.8 Å². The fraction of sp³-hybridized carbons (Fsp3) is 0.208. The normalized spacial score (nSPS) is 13.8. The maximum atomic E-state index is 13.7. The van der Waals surface area contributed by atoms with E-state index in [2.05, 4.69) is 15.2 Å². The lowest BCUT2D eigenvalue weighted by atomic mass is 10.0. The van der Waals surface area contributed by atoms with Gasteiger partial charge in [-0.3, -0.25) is 0 Å². The Morgan fingerprint density at radius 1 is 1.24 bits per heavy atom. The Balaban J connectivity index is 1.70. The zero-order valence-corrected chi connectivity index (χ0v) is 18.0. The SMILES string of the molecule is COc1cc(Nc2ncc(-c3cccc(/C=C/C(=O)O)c3)c(N3CCOCC3)n2)ccc1F. The third-order valence-corrected chi connectivity index (χ3v) is 5.10. The number of nitrogens with one attached hydrogen (secondary N) is 1. The number of hydrogen-bond acceptors (Lipinski definition) is 7. The second-order valence-electron chi connectivity index (χ2n) is 7.30. The zero-order valence-electron chi connectivity index (χ0n) is 18.0. The second kappa shape index (κ2) is 10.1. The molecule has 1 fully saturated rings. The number of nitrogens with zero attached hydrogens (tertiary/aromatic N) is 3. The van der Waals surface area contributed by atoms with Crippen molar-refractivity contribution in [2.24, 2.45) is 0 Å². The first kappa shape index (κ1) is 22.2. The van der Waals surface area contributed by atoms with Crippen LogP contribution in [-0.4, -0.2) is 54.5 Å². The molecule has 9 heteroatoms. The molecule has 2 N–H and O–H groups in total. The summed E-state index contributed by atoms with van der Waals surface area (Å²) in [6.45, 7) is 2.52. The smallest absolute Gasteiger partial charge is 0.328 e. The molecule has 3 aromatic rings. The van der Waals surface area contributed by atoms with Crippen LogP contribution in [0, 0.1) is 5.82 Å². The maximum absolute atomic E-state index is 13.7. The number of benzene rings is 2. The number of carboxylic acid groups (broad SMARTS) is 1. The topological polar surface area (TPSA) is 96.8 Å². The average molecular weight is 450 g/mol. The van der Waals surface area contributed by atoms with E-state index in [1.165, 1.54) is 13.2 Å². The number of morpholine rings is 1. The number of ether oxygens (including phenoxy) is 2. The molecular weight excluding hydrogens is 427 g/mol. The van der Waals surface area contributed by atoms with E-state index in [0.29, 0.717) is 37.9 Å². The number of carboxylic acids is 1. The van der Waals surface area contributed by atoms with Gasteiger partial charge in [-0.1, -0.05) is 18.2 Å². The van der Waals surface area contributed by atoms with Crippen molar-refractivity contribution in [1.29, 1.82) is 0 Å². The highest BCUT2D eigenvalue weighted by Crippen LogP contribution is 2.32. The molecule has 0 amide bonds. The van der Waals surface area contributed by atoms with E-state index in [4.69, 9.17) is 19.6 Å². The molecule has 2 aromatic carbocycles. The third kappa shape index (κ3) is 5.45. The highest BCUT2D eigenvalue weighted by molar-refractivity contribution is 5.86. The van der Waals surface area contributed by atoms with Gasteiger partial charge in [-0.2, -0.15) is 4.98 Å². The summed E-state index contributed by atoms with van der Waals surface area (Å²) in [5.41, 5.74) is 3.02. The lowest BCUT2D eigenvalue weighted by Gasteiger charge is -2.29. The fourth-order valence-electron chi connectivity index (χ4n) is 3.50. The van der Waals surface area contributed by atoms with Gasteiger partial charge in [0, 0.05) is 42.7 Å². The summed E-state index contributed by atoms with van der Waals surface area (Å²) >= 11 is 0. The first-order chi connectivity index (χ1) is 16.0. The Morgan fingerprint density at radius 2 is 2.06 bits per heavy atom. The first-order valence-corrected chi connectivity index (χ1v) is 10.4. The molecule has 33 heavy (non-hydrogen) atoms. The number of aromatic nitrogens is 2. The average Bonchev–Trinajstić information content (AvgIpc) is 2.84. The summed E-state index contributed by atoms with van der Waals surface area (Å²) in [5.74, 6) is -0.257. The molecule has 1 saturated heterocycles. The van der Waals surface area contributed by atoms with Crippen LogP contribution in [0.4, 0.5) is 21.8 Å². The van der Waals surface area contributed by atoms with Crippen molar-refractivity contribution >= 4 is 29.5 Å². The highest BCUT2D eigenvalue weighted by atomic mass is 19.1. The number of hydrogen-bond donors (Lipinski definition) is 2. The van der Waals surface area contributed by atoms with Crippen molar-refractivity contribution in [1.82, 2.24) is 9.97 Å². The van der Waals surface area contributed by atoms with E-state index in [9.17, 15) is 9.18 Å². The van der Waals surface area contributed by atoms with E-state index in [1.54, 1.807) is 24.4 Å². The highest BCUT2D eigenvalue weighted by Gasteiger charge is 2.19. The monoisotopic (exact) mass is 450 g/mol. The Hall–Kier alpha value is -3.98. The molecule has 0 radical (unpaired) electrons. The van der Waals surface area contributed by atoms with Gasteiger partial charge in [-0.15, -0.1) is 0 Å². The molecule has 1 aromatic heterocycles. The molecule has 170 valence electrons. The molecule has 4 rings (SSSR count). The molecule has 0 spiro atoms. The molecule has 1 aliphatic heterocycles. The summed E-state index contributed by atoms with van der Waals surface area (Å²) < 4.78 is 24.3. The van der Waals surface area contributed by atoms with Crippen molar-refractivity contribution in [3.8, 4) is 16.9 Å². The second-order valence-corrected chi connectivity index (χ2v) is 7.30. The molecule has 2 heterocycles. The van der Waals surface area contributed by atoms with Crippen LogP contribution in [0.15, 0.2) is 54.7 Å². The van der Waals surface area contributed by atoms with Crippen LogP contribution in [0.1, 0.15) is 5.56 Å². The van der Waals surface area contributed by atoms with Gasteiger partial charge >= 0.3 is 5.97 Å². The quantitative estimate of drug-likeness (QED) is 0.522. The molecule has 0 bridgehead atoms. The predicted octanol–water partition coefficient (Wildman–Crippen LogP) is 3.97. The first-order valence-electron chi connectivity index (χ1n) is 10.4. The van der Waals surface area contributed by atoms with E-state index >= 15 is 0 Å². The van der Waals surface area contributed by atoms with Crippen molar-refractivity contribution in [2.45, 2.75) is 0 Å². The summed E-state index contributed by atoms with van der Waals surface area (Å²) in [4.78, 5) is 22.2. The number of halogens is 1. The van der Waals surface area contributed by atoms with Gasteiger partial charge < -0.3 is 24.8 Å². The molecule has 0 unspecified atom stereocenters. The predicted molar refractivity (Wildman–Crippen MR) is 123 cm³/mol. The van der Waals surface area contributed by atoms with Gasteiger partial charge in [0.1, 0.15) is 5.82 Å². The van der Waals surface area contributed by atoms with Gasteiger partial charge in [0.15, 0.2) is 11.6 Å². The third-order valence-electron chi connectivity index (χ3n) is 5.10. The van der Waals surface area contributed by atoms with Gasteiger partial charge in [-0.25, -0.2) is 14.2 Å². The van der Waals surface area contributed by atoms with Crippen LogP contribution in [0.5, 0.6) is 5.75 Å². The Labute approximate surface area is 190 Å². The number of methoxy groups -OCH3 is 1. The van der Waals surface area contributed by atoms with Crippen molar-refractivity contribution in [3.05, 3.63) is 66.1 Å². The van der Waals surface area contributed by atoms with Gasteiger partial charge in [0.25, 0.3) is 0 Å². The lowest BCUT2D eigenvalue weighted by Crippen LogP contribution is -2.37. The van der Waals surface area contributed by atoms with Gasteiger partial charge in [0.2, 0.25) is 5.95 Å². The molecule has 0 atom stereocenters. The fourth-order valence-corrected chi connectivity index (χ4v) is 3.50. The van der Waals surface area contributed by atoms with E-state index in [-0.39, 0.29) is 5.75 Å². The Kier molecular flexibility index (Phi) is 6.80. The summed E-state index contributed by atoms with van der Waals surface area (Å²) in [7, 11) is 1.41. The van der Waals surface area contributed by atoms with Crippen LogP contribution < -0.4 is 15.0 Å². The molecule has 1 aliphatic rings. The zero-order chi connectivity index (χ0) is 23.2. The molecule has 0 saturated carbocycles. The lowest BCUT2D eigenvalue weighted by molar-refractivity contribution is -0.131. The standard InChI is InChI=1S/C24H23FN4O4/c1-32-21-14-18(6-7-20(21)25)27-24-26-15-19(23(28-24)29-9-11-33-12-10-29)17-4-2-3-16(13-17)5-8-22(30)31/h2-8,13-15H,9-12H2,1H3,(H,30,31)(H,26,27,28)/b8-5+. The van der Waals surface area contributed by atoms with Crippen molar-refractivity contribution in [3.63, 3.8) is 0 Å². The van der Waals surface area contributed by atoms with E-state index in [1.807, 2.05) is 24.3 Å². The number of carbonyl (C=O) groups is 1. The molecular formula is C24H23FN4O4. The minimum absolute atomic E-state index is 0.122. The summed E-state index contributed by atoms with van der Waals surface area (Å²) in [6, 6.07) is 11.9. The number of aliphatic carboxylic acids is 1. The minimum Gasteiger partial charge on any atom is -0.494 e. The van der Waals surface area contributed by atoms with Crippen molar-refractivity contribution in [2.75, 3.05) is 43.6 Å². The van der Waals surface area contributed by atoms with Crippen molar-refractivity contribution < 1.29 is 23.8 Å². The van der Waals surface area contributed by atoms with Crippen LogP contribution in [0.25, 0.3) is 17.2 Å². The Bertz CT molecular complexity index is 1180. The maximum Gasteiger partial charge on any atom is 0.328 e. The Morgan fingerprint density at radius 3 is 2.82 bits per heavy atom.